The van der Waals surface area contributed by atoms with E-state index in [4.69, 9.17) is 33.0 Å². The van der Waals surface area contributed by atoms with Crippen LogP contribution in [0.15, 0.2) is 24.4 Å². The van der Waals surface area contributed by atoms with Gasteiger partial charge < -0.3 is 19.7 Å². The second-order valence-corrected chi connectivity index (χ2v) is 7.30. The molecule has 3 aromatic rings. The van der Waals surface area contributed by atoms with Crippen molar-refractivity contribution in [2.45, 2.75) is 19.4 Å². The molecule has 0 unspecified atom stereocenters. The maximum Gasteiger partial charge on any atom is 0.292 e. The zero-order chi connectivity index (χ0) is 19.8. The van der Waals surface area contributed by atoms with Crippen LogP contribution in [0.1, 0.15) is 34.8 Å². The van der Waals surface area contributed by atoms with E-state index in [0.717, 1.165) is 22.2 Å². The highest BCUT2D eigenvalue weighted by molar-refractivity contribution is 6.45. The number of carbonyl (C=O) groups is 1. The lowest BCUT2D eigenvalue weighted by Crippen LogP contribution is -2.39. The number of aromatic nitrogens is 3. The van der Waals surface area contributed by atoms with Crippen molar-refractivity contribution in [2.75, 3.05) is 19.8 Å². The second-order valence-electron chi connectivity index (χ2n) is 6.52. The zero-order valence-corrected chi connectivity index (χ0v) is 16.6. The number of nitrogens with one attached hydrogen (secondary N) is 1. The van der Waals surface area contributed by atoms with Crippen LogP contribution < -0.4 is 4.74 Å². The largest absolute Gasteiger partial charge is 0.475 e. The van der Waals surface area contributed by atoms with Gasteiger partial charge in [0.1, 0.15) is 6.61 Å². The minimum absolute atomic E-state index is 0.0617. The van der Waals surface area contributed by atoms with Crippen molar-refractivity contribution in [1.29, 1.82) is 0 Å². The number of ether oxygens (including phenoxy) is 1. The van der Waals surface area contributed by atoms with Crippen LogP contribution in [0.4, 0.5) is 0 Å². The molecule has 0 saturated heterocycles. The molecule has 2 aromatic heterocycles. The molecule has 1 aromatic carbocycles. The minimum Gasteiger partial charge on any atom is -0.475 e. The first-order valence-corrected chi connectivity index (χ1v) is 9.63. The Labute approximate surface area is 171 Å². The molecular formula is C19H18Cl2N4O3. The Morgan fingerprint density at radius 1 is 1.39 bits per heavy atom. The molecule has 9 heteroatoms. The average molecular weight is 421 g/mol. The number of rotatable bonds is 4. The summed E-state index contributed by atoms with van der Waals surface area (Å²) < 4.78 is 5.28. The molecule has 0 bridgehead atoms. The summed E-state index contributed by atoms with van der Waals surface area (Å²) in [4.78, 5) is 26.4. The maximum atomic E-state index is 13.1. The lowest BCUT2D eigenvalue weighted by Gasteiger charge is -2.33. The molecule has 1 amide bonds. The van der Waals surface area contributed by atoms with Gasteiger partial charge in [0.25, 0.3) is 5.91 Å². The van der Waals surface area contributed by atoms with Gasteiger partial charge in [-0.05, 0) is 13.0 Å². The zero-order valence-electron chi connectivity index (χ0n) is 15.1. The fraction of sp³-hybridized carbons (Fsp3) is 0.316. The topological polar surface area (TPSA) is 91.3 Å². The molecule has 1 aliphatic heterocycles. The molecule has 0 aliphatic carbocycles. The van der Waals surface area contributed by atoms with Crippen molar-refractivity contribution in [1.82, 2.24) is 19.9 Å². The third-order valence-corrected chi connectivity index (χ3v) is 5.70. The Bertz CT molecular complexity index is 1050. The average Bonchev–Trinajstić information content (AvgIpc) is 3.09. The van der Waals surface area contributed by atoms with Gasteiger partial charge in [-0.3, -0.25) is 4.79 Å². The van der Waals surface area contributed by atoms with Gasteiger partial charge in [0.2, 0.25) is 11.7 Å². The van der Waals surface area contributed by atoms with Crippen molar-refractivity contribution in [3.8, 4) is 5.88 Å². The van der Waals surface area contributed by atoms with Crippen LogP contribution in [-0.2, 0) is 6.42 Å². The number of aliphatic hydroxyl groups is 1. The first-order valence-electron chi connectivity index (χ1n) is 8.87. The molecule has 1 aliphatic rings. The Balaban J connectivity index is 1.67. The number of amides is 1. The van der Waals surface area contributed by atoms with E-state index in [9.17, 15) is 4.79 Å². The highest BCUT2D eigenvalue weighted by Gasteiger charge is 2.33. The van der Waals surface area contributed by atoms with Gasteiger partial charge in [0, 0.05) is 41.9 Å². The van der Waals surface area contributed by atoms with E-state index in [1.807, 2.05) is 13.0 Å². The summed E-state index contributed by atoms with van der Waals surface area (Å²) in [5, 5.41) is 10.8. The predicted octanol–water partition coefficient (Wildman–Crippen LogP) is 3.40. The molecule has 28 heavy (non-hydrogen) atoms. The quantitative estimate of drug-likeness (QED) is 0.674. The molecule has 2 N–H and O–H groups in total. The van der Waals surface area contributed by atoms with Gasteiger partial charge in [-0.25, -0.2) is 4.98 Å². The molecule has 0 saturated carbocycles. The number of fused-ring (bicyclic) bond motifs is 3. The van der Waals surface area contributed by atoms with E-state index < -0.39 is 0 Å². The summed E-state index contributed by atoms with van der Waals surface area (Å²) in [6, 6.07) is 5.05. The molecule has 4 rings (SSSR count). The summed E-state index contributed by atoms with van der Waals surface area (Å²) in [7, 11) is 0. The number of hydrogen-bond donors (Lipinski definition) is 2. The fourth-order valence-corrected chi connectivity index (χ4v) is 3.99. The molecule has 7 nitrogen and oxygen atoms in total. The summed E-state index contributed by atoms with van der Waals surface area (Å²) >= 11 is 12.5. The van der Waals surface area contributed by atoms with E-state index in [1.165, 1.54) is 6.20 Å². The Morgan fingerprint density at radius 2 is 2.21 bits per heavy atom. The fourth-order valence-electron chi connectivity index (χ4n) is 3.62. The predicted molar refractivity (Wildman–Crippen MR) is 106 cm³/mol. The number of aromatic amines is 1. The summed E-state index contributed by atoms with van der Waals surface area (Å²) in [6.45, 7) is 2.47. The lowest BCUT2D eigenvalue weighted by atomic mass is 9.97. The van der Waals surface area contributed by atoms with E-state index in [0.29, 0.717) is 23.0 Å². The number of halogens is 2. The number of H-pyrrole nitrogens is 1. The van der Waals surface area contributed by atoms with Crippen molar-refractivity contribution in [3.63, 3.8) is 0 Å². The van der Waals surface area contributed by atoms with Crippen LogP contribution in [0.3, 0.4) is 0 Å². The third kappa shape index (κ3) is 3.19. The van der Waals surface area contributed by atoms with Crippen LogP contribution >= 0.6 is 23.2 Å². The number of carbonyl (C=O) groups excluding carboxylic acids is 1. The van der Waals surface area contributed by atoms with Gasteiger partial charge in [0.15, 0.2) is 0 Å². The SMILES string of the molecule is C[C@H]1c2c([nH]c3c(Cl)c(Cl)ccc23)CCN1C(=O)c1nccc(OCCO)n1. The van der Waals surface area contributed by atoms with Crippen LogP contribution in [-0.4, -0.2) is 50.6 Å². The Morgan fingerprint density at radius 3 is 3.00 bits per heavy atom. The Kier molecular flexibility index (Phi) is 5.14. The highest BCUT2D eigenvalue weighted by Crippen LogP contribution is 2.40. The van der Waals surface area contributed by atoms with Crippen molar-refractivity contribution >= 4 is 40.0 Å². The third-order valence-electron chi connectivity index (χ3n) is 4.90. The van der Waals surface area contributed by atoms with Crippen LogP contribution in [0.2, 0.25) is 10.0 Å². The minimum atomic E-state index is -0.276. The number of aliphatic hydroxyl groups excluding tert-OH is 1. The van der Waals surface area contributed by atoms with Crippen molar-refractivity contribution in [2.24, 2.45) is 0 Å². The number of benzene rings is 1. The van der Waals surface area contributed by atoms with Gasteiger partial charge >= 0.3 is 0 Å². The van der Waals surface area contributed by atoms with Gasteiger partial charge in [-0.1, -0.05) is 29.3 Å². The molecule has 0 spiro atoms. The maximum absolute atomic E-state index is 13.1. The standard InChI is InChI=1S/C19H18Cl2N4O3/c1-10-15-11-2-3-12(20)16(21)17(11)23-13(15)5-7-25(10)19(27)18-22-6-4-14(24-18)28-9-8-26/h2-4,6,10,23,26H,5,7-9H2,1H3/t10-/m0/s1. The molecule has 1 atom stereocenters. The van der Waals surface area contributed by atoms with E-state index in [2.05, 4.69) is 15.0 Å². The van der Waals surface area contributed by atoms with Crippen LogP contribution in [0.25, 0.3) is 10.9 Å². The second kappa shape index (κ2) is 7.58. The molecule has 0 fully saturated rings. The first kappa shape index (κ1) is 19.0. The summed E-state index contributed by atoms with van der Waals surface area (Å²) in [5.41, 5.74) is 2.87. The van der Waals surface area contributed by atoms with Crippen molar-refractivity contribution in [3.05, 3.63) is 51.5 Å². The lowest BCUT2D eigenvalue weighted by molar-refractivity contribution is 0.0664. The molecule has 146 valence electrons. The normalized spacial score (nSPS) is 16.3. The van der Waals surface area contributed by atoms with Gasteiger partial charge in [0.05, 0.1) is 28.2 Å². The molecular weight excluding hydrogens is 403 g/mol. The number of hydrogen-bond acceptors (Lipinski definition) is 5. The van der Waals surface area contributed by atoms with Crippen LogP contribution in [0.5, 0.6) is 5.88 Å². The van der Waals surface area contributed by atoms with Crippen LogP contribution in [0, 0.1) is 0 Å². The van der Waals surface area contributed by atoms with E-state index in [1.54, 1.807) is 17.0 Å². The van der Waals surface area contributed by atoms with Gasteiger partial charge in [-0.2, -0.15) is 4.98 Å². The van der Waals surface area contributed by atoms with Gasteiger partial charge in [-0.15, -0.1) is 0 Å². The molecule has 0 radical (unpaired) electrons. The Hall–Kier alpha value is -2.35. The monoisotopic (exact) mass is 420 g/mol. The summed E-state index contributed by atoms with van der Waals surface area (Å²) in [6.07, 6.45) is 2.13. The summed E-state index contributed by atoms with van der Waals surface area (Å²) in [5.74, 6) is 0.0416. The van der Waals surface area contributed by atoms with E-state index >= 15 is 0 Å². The first-order chi connectivity index (χ1) is 13.5. The van der Waals surface area contributed by atoms with Crippen molar-refractivity contribution < 1.29 is 14.6 Å². The number of nitrogens with zero attached hydrogens (tertiary/aromatic N) is 3. The highest BCUT2D eigenvalue weighted by atomic mass is 35.5. The smallest absolute Gasteiger partial charge is 0.292 e. The molecule has 3 heterocycles. The van der Waals surface area contributed by atoms with E-state index in [-0.39, 0.29) is 36.9 Å².